The first-order chi connectivity index (χ1) is 10.3. The number of ether oxygens (including phenoxy) is 2. The van der Waals surface area contributed by atoms with Crippen LogP contribution >= 0.6 is 0 Å². The molecule has 3 heterocycles. The normalized spacial score (nSPS) is 36.1. The zero-order chi connectivity index (χ0) is 14.7. The predicted octanol–water partition coefficient (Wildman–Crippen LogP) is 2.28. The third-order valence-electron chi connectivity index (χ3n) is 5.59. The Hall–Kier alpha value is -0.650. The lowest BCUT2D eigenvalue weighted by atomic mass is 9.82. The number of hydrogen-bond acceptors (Lipinski definition) is 5. The van der Waals surface area contributed by atoms with E-state index in [2.05, 4.69) is 17.0 Å². The van der Waals surface area contributed by atoms with E-state index in [1.54, 1.807) is 0 Å². The van der Waals surface area contributed by atoms with E-state index >= 15 is 0 Å². The Labute approximate surface area is 127 Å². The van der Waals surface area contributed by atoms with Crippen molar-refractivity contribution in [1.29, 1.82) is 0 Å². The van der Waals surface area contributed by atoms with Crippen LogP contribution in [0.25, 0.3) is 0 Å². The molecule has 0 amide bonds. The van der Waals surface area contributed by atoms with Gasteiger partial charge < -0.3 is 14.7 Å². The molecule has 2 unspecified atom stereocenters. The van der Waals surface area contributed by atoms with Crippen LogP contribution in [-0.2, 0) is 9.47 Å². The Morgan fingerprint density at radius 3 is 2.86 bits per heavy atom. The van der Waals surface area contributed by atoms with Crippen molar-refractivity contribution >= 4 is 5.71 Å². The van der Waals surface area contributed by atoms with Crippen molar-refractivity contribution < 1.29 is 14.7 Å². The van der Waals surface area contributed by atoms with Crippen molar-refractivity contribution in [2.24, 2.45) is 11.1 Å². The summed E-state index contributed by atoms with van der Waals surface area (Å²) >= 11 is 0. The molecule has 3 aliphatic rings. The molecular formula is C16H28N2O3. The summed E-state index contributed by atoms with van der Waals surface area (Å²) < 4.78 is 11.7. The van der Waals surface area contributed by atoms with Crippen molar-refractivity contribution in [3.05, 3.63) is 0 Å². The van der Waals surface area contributed by atoms with Gasteiger partial charge in [-0.25, -0.2) is 0 Å². The minimum absolute atomic E-state index is 0.0637. The van der Waals surface area contributed by atoms with Crippen LogP contribution in [0.2, 0.25) is 0 Å². The van der Waals surface area contributed by atoms with Crippen molar-refractivity contribution in [3.63, 3.8) is 0 Å². The van der Waals surface area contributed by atoms with Crippen LogP contribution in [0.3, 0.4) is 0 Å². The second-order valence-corrected chi connectivity index (χ2v) is 6.73. The van der Waals surface area contributed by atoms with E-state index in [0.717, 1.165) is 77.1 Å². The van der Waals surface area contributed by atoms with E-state index in [4.69, 9.17) is 14.7 Å². The average molecular weight is 296 g/mol. The summed E-state index contributed by atoms with van der Waals surface area (Å²) in [4.78, 5) is 2.61. The lowest BCUT2D eigenvalue weighted by Gasteiger charge is -2.48. The van der Waals surface area contributed by atoms with Gasteiger partial charge in [-0.1, -0.05) is 12.1 Å². The molecule has 0 aromatic carbocycles. The van der Waals surface area contributed by atoms with Crippen LogP contribution in [-0.4, -0.2) is 60.4 Å². The number of nitrogens with zero attached hydrogens (tertiary/aromatic N) is 2. The van der Waals surface area contributed by atoms with Gasteiger partial charge >= 0.3 is 0 Å². The molecule has 3 fully saturated rings. The van der Waals surface area contributed by atoms with Gasteiger partial charge in [0.25, 0.3) is 0 Å². The molecule has 0 bridgehead atoms. The fourth-order valence-electron chi connectivity index (χ4n) is 4.18. The first kappa shape index (κ1) is 15.3. The standard InChI is InChI=1S/C16H28N2O3/c1-2-13-12-18(7-3-15(13)17-19)14-4-8-21-16(11-14)5-9-20-10-6-16/h13-14,19H,2-12H2,1H3. The fourth-order valence-corrected chi connectivity index (χ4v) is 4.18. The summed E-state index contributed by atoms with van der Waals surface area (Å²) in [6.07, 6.45) is 6.30. The van der Waals surface area contributed by atoms with Crippen LogP contribution in [0.1, 0.15) is 45.4 Å². The van der Waals surface area contributed by atoms with Gasteiger partial charge in [-0.3, -0.25) is 4.90 Å². The molecule has 2 atom stereocenters. The van der Waals surface area contributed by atoms with Crippen molar-refractivity contribution in [1.82, 2.24) is 4.90 Å². The molecule has 1 spiro atoms. The molecule has 120 valence electrons. The molecule has 1 N–H and O–H groups in total. The number of oxime groups is 1. The maximum atomic E-state index is 9.12. The Morgan fingerprint density at radius 2 is 2.14 bits per heavy atom. The highest BCUT2D eigenvalue weighted by atomic mass is 16.5. The second kappa shape index (κ2) is 6.63. The van der Waals surface area contributed by atoms with E-state index in [1.807, 2.05) is 0 Å². The smallest absolute Gasteiger partial charge is 0.0741 e. The van der Waals surface area contributed by atoms with Crippen molar-refractivity contribution in [2.45, 2.75) is 57.1 Å². The summed E-state index contributed by atoms with van der Waals surface area (Å²) in [5.74, 6) is 0.414. The maximum Gasteiger partial charge on any atom is 0.0741 e. The molecule has 21 heavy (non-hydrogen) atoms. The SMILES string of the molecule is CCC1CN(C2CCOC3(CCOCC3)C2)CCC1=NO. The number of likely N-dealkylation sites (tertiary alicyclic amines) is 1. The van der Waals surface area contributed by atoms with Crippen molar-refractivity contribution in [3.8, 4) is 0 Å². The first-order valence-corrected chi connectivity index (χ1v) is 8.43. The van der Waals surface area contributed by atoms with Gasteiger partial charge in [0, 0.05) is 51.3 Å². The summed E-state index contributed by atoms with van der Waals surface area (Å²) in [6.45, 7) is 6.79. The van der Waals surface area contributed by atoms with E-state index in [-0.39, 0.29) is 5.60 Å². The van der Waals surface area contributed by atoms with E-state index in [1.165, 1.54) is 0 Å². The number of hydrogen-bond donors (Lipinski definition) is 1. The topological polar surface area (TPSA) is 54.3 Å². The van der Waals surface area contributed by atoms with Gasteiger partial charge in [-0.2, -0.15) is 0 Å². The Balaban J connectivity index is 1.63. The van der Waals surface area contributed by atoms with Crippen LogP contribution in [0.5, 0.6) is 0 Å². The predicted molar refractivity (Wildman–Crippen MR) is 81.0 cm³/mol. The fraction of sp³-hybridized carbons (Fsp3) is 0.938. The Morgan fingerprint density at radius 1 is 1.33 bits per heavy atom. The molecule has 0 aliphatic carbocycles. The van der Waals surface area contributed by atoms with Crippen LogP contribution in [0.15, 0.2) is 5.16 Å². The molecule has 0 saturated carbocycles. The monoisotopic (exact) mass is 296 g/mol. The first-order valence-electron chi connectivity index (χ1n) is 8.43. The summed E-state index contributed by atoms with van der Waals surface area (Å²) in [5, 5.41) is 12.6. The highest BCUT2D eigenvalue weighted by Crippen LogP contribution is 2.37. The van der Waals surface area contributed by atoms with Crippen LogP contribution < -0.4 is 0 Å². The molecule has 3 saturated heterocycles. The zero-order valence-corrected chi connectivity index (χ0v) is 13.1. The molecule has 5 heteroatoms. The van der Waals surface area contributed by atoms with Gasteiger partial charge in [-0.15, -0.1) is 0 Å². The van der Waals surface area contributed by atoms with Gasteiger partial charge in [-0.05, 0) is 32.1 Å². The molecule has 3 aliphatic heterocycles. The lowest BCUT2D eigenvalue weighted by molar-refractivity contribution is -0.152. The number of rotatable bonds is 2. The summed E-state index contributed by atoms with van der Waals surface area (Å²) in [5.41, 5.74) is 1.05. The molecule has 0 aromatic rings. The minimum atomic E-state index is 0.0637. The van der Waals surface area contributed by atoms with Crippen molar-refractivity contribution in [2.75, 3.05) is 32.9 Å². The molecule has 0 radical (unpaired) electrons. The van der Waals surface area contributed by atoms with E-state index < -0.39 is 0 Å². The quantitative estimate of drug-likeness (QED) is 0.627. The molecule has 3 rings (SSSR count). The zero-order valence-electron chi connectivity index (χ0n) is 13.1. The average Bonchev–Trinajstić information content (AvgIpc) is 2.55. The largest absolute Gasteiger partial charge is 0.411 e. The van der Waals surface area contributed by atoms with Gasteiger partial charge in [0.15, 0.2) is 0 Å². The Bertz CT molecular complexity index is 374. The van der Waals surface area contributed by atoms with Crippen LogP contribution in [0.4, 0.5) is 0 Å². The molecule has 5 nitrogen and oxygen atoms in total. The van der Waals surface area contributed by atoms with E-state index in [0.29, 0.717) is 12.0 Å². The Kier molecular flexibility index (Phi) is 4.82. The summed E-state index contributed by atoms with van der Waals surface area (Å²) in [7, 11) is 0. The third-order valence-corrected chi connectivity index (χ3v) is 5.59. The van der Waals surface area contributed by atoms with E-state index in [9.17, 15) is 0 Å². The minimum Gasteiger partial charge on any atom is -0.411 e. The lowest BCUT2D eigenvalue weighted by Crippen LogP contribution is -2.54. The number of piperidine rings is 1. The highest BCUT2D eigenvalue weighted by Gasteiger charge is 2.41. The van der Waals surface area contributed by atoms with Crippen LogP contribution in [0, 0.1) is 5.92 Å². The summed E-state index contributed by atoms with van der Waals surface area (Å²) in [6, 6.07) is 0.617. The maximum absolute atomic E-state index is 9.12. The third kappa shape index (κ3) is 3.25. The molecular weight excluding hydrogens is 268 g/mol. The molecule has 0 aromatic heterocycles. The van der Waals surface area contributed by atoms with Gasteiger partial charge in [0.1, 0.15) is 0 Å². The van der Waals surface area contributed by atoms with Gasteiger partial charge in [0.2, 0.25) is 0 Å². The highest BCUT2D eigenvalue weighted by molar-refractivity contribution is 5.87. The van der Waals surface area contributed by atoms with Gasteiger partial charge in [0.05, 0.1) is 11.3 Å². The second-order valence-electron chi connectivity index (χ2n) is 6.73.